The Bertz CT molecular complexity index is 999. The summed E-state index contributed by atoms with van der Waals surface area (Å²) in [6, 6.07) is 13.3. The highest BCUT2D eigenvalue weighted by Gasteiger charge is 2.30. The minimum Gasteiger partial charge on any atom is -0.508 e. The lowest BCUT2D eigenvalue weighted by Gasteiger charge is -2.06. The van der Waals surface area contributed by atoms with Crippen LogP contribution >= 0.6 is 11.3 Å². The van der Waals surface area contributed by atoms with Crippen molar-refractivity contribution in [3.8, 4) is 16.2 Å². The summed E-state index contributed by atoms with van der Waals surface area (Å²) in [6.45, 7) is 1.77. The van der Waals surface area contributed by atoms with Gasteiger partial charge < -0.3 is 5.11 Å². The van der Waals surface area contributed by atoms with Crippen LogP contribution < -0.4 is 0 Å². The van der Waals surface area contributed by atoms with Crippen LogP contribution in [0.2, 0.25) is 0 Å². The lowest BCUT2D eigenvalue weighted by molar-refractivity contribution is -0.137. The zero-order valence-electron chi connectivity index (χ0n) is 14.2. The SMILES string of the molecule is Cc1cc(/C=C/C(=O)c2ccc(-c3ccc(C(F)(F)F)cc3)s2)ccc1O. The Labute approximate surface area is 158 Å². The van der Waals surface area contributed by atoms with Crippen LogP contribution in [0.5, 0.6) is 5.75 Å². The number of benzene rings is 2. The Hall–Kier alpha value is -2.86. The standard InChI is InChI=1S/C21H15F3O2S/c1-13-12-14(2-8-17(13)25)3-9-18(26)20-11-10-19(27-20)15-4-6-16(7-5-15)21(22,23)24/h2-12,25H,1H3/b9-3+. The first-order chi connectivity index (χ1) is 12.7. The summed E-state index contributed by atoms with van der Waals surface area (Å²) in [5.74, 6) is 0.00167. The van der Waals surface area contributed by atoms with Gasteiger partial charge in [0.15, 0.2) is 5.78 Å². The topological polar surface area (TPSA) is 37.3 Å². The number of halogens is 3. The molecule has 1 aromatic heterocycles. The molecule has 0 aliphatic carbocycles. The number of carbonyl (C=O) groups is 1. The molecule has 27 heavy (non-hydrogen) atoms. The fourth-order valence-corrected chi connectivity index (χ4v) is 3.42. The van der Waals surface area contributed by atoms with Gasteiger partial charge in [-0.15, -0.1) is 11.3 Å². The summed E-state index contributed by atoms with van der Waals surface area (Å²) in [7, 11) is 0. The average Bonchev–Trinajstić information content (AvgIpc) is 3.12. The van der Waals surface area contributed by atoms with Gasteiger partial charge in [-0.05, 0) is 66.1 Å². The van der Waals surface area contributed by atoms with E-state index in [0.29, 0.717) is 16.0 Å². The number of aromatic hydroxyl groups is 1. The van der Waals surface area contributed by atoms with Gasteiger partial charge in [0, 0.05) is 4.88 Å². The van der Waals surface area contributed by atoms with E-state index >= 15 is 0 Å². The zero-order chi connectivity index (χ0) is 19.6. The van der Waals surface area contributed by atoms with Gasteiger partial charge in [0.25, 0.3) is 0 Å². The van der Waals surface area contributed by atoms with Crippen LogP contribution in [0.1, 0.15) is 26.4 Å². The Morgan fingerprint density at radius 1 is 1.04 bits per heavy atom. The molecule has 2 aromatic carbocycles. The van der Waals surface area contributed by atoms with Gasteiger partial charge in [0.1, 0.15) is 5.75 Å². The van der Waals surface area contributed by atoms with E-state index in [0.717, 1.165) is 22.6 Å². The van der Waals surface area contributed by atoms with Crippen molar-refractivity contribution in [3.63, 3.8) is 0 Å². The third kappa shape index (κ3) is 4.46. The Morgan fingerprint density at radius 2 is 1.74 bits per heavy atom. The third-order valence-corrected chi connectivity index (χ3v) is 5.14. The number of phenols is 1. The predicted octanol–water partition coefficient (Wildman–Crippen LogP) is 6.34. The summed E-state index contributed by atoms with van der Waals surface area (Å²) in [5.41, 5.74) is 1.43. The molecule has 1 N–H and O–H groups in total. The zero-order valence-corrected chi connectivity index (χ0v) is 15.1. The summed E-state index contributed by atoms with van der Waals surface area (Å²) in [6.07, 6.45) is -1.27. The maximum Gasteiger partial charge on any atom is 0.416 e. The normalized spacial score (nSPS) is 11.9. The molecule has 0 aliphatic heterocycles. The molecule has 0 radical (unpaired) electrons. The van der Waals surface area contributed by atoms with E-state index < -0.39 is 11.7 Å². The highest BCUT2D eigenvalue weighted by Crippen LogP contribution is 2.33. The molecule has 0 aliphatic rings. The van der Waals surface area contributed by atoms with E-state index in [1.807, 2.05) is 0 Å². The van der Waals surface area contributed by atoms with Crippen molar-refractivity contribution in [1.82, 2.24) is 0 Å². The fraction of sp³-hybridized carbons (Fsp3) is 0.0952. The molecule has 0 fully saturated rings. The number of rotatable bonds is 4. The van der Waals surface area contributed by atoms with E-state index in [1.165, 1.54) is 29.5 Å². The first kappa shape index (κ1) is 18.9. The quantitative estimate of drug-likeness (QED) is 0.418. The first-order valence-corrected chi connectivity index (χ1v) is 8.85. The number of thiophene rings is 1. The molecular weight excluding hydrogens is 373 g/mol. The van der Waals surface area contributed by atoms with Crippen molar-refractivity contribution in [2.24, 2.45) is 0 Å². The van der Waals surface area contributed by atoms with Gasteiger partial charge in [0.05, 0.1) is 10.4 Å². The van der Waals surface area contributed by atoms with Crippen molar-refractivity contribution in [3.05, 3.63) is 82.2 Å². The van der Waals surface area contributed by atoms with Crippen LogP contribution in [0.25, 0.3) is 16.5 Å². The Morgan fingerprint density at radius 3 is 2.37 bits per heavy atom. The fourth-order valence-electron chi connectivity index (χ4n) is 2.49. The second-order valence-electron chi connectivity index (χ2n) is 5.98. The predicted molar refractivity (Wildman–Crippen MR) is 101 cm³/mol. The van der Waals surface area contributed by atoms with Crippen molar-refractivity contribution in [1.29, 1.82) is 0 Å². The number of carbonyl (C=O) groups excluding carboxylic acids is 1. The summed E-state index contributed by atoms with van der Waals surface area (Å²) in [5, 5.41) is 9.52. The number of aryl methyl sites for hydroxylation is 1. The molecule has 2 nitrogen and oxygen atoms in total. The van der Waals surface area contributed by atoms with Crippen LogP contribution in [0.15, 0.2) is 60.7 Å². The first-order valence-electron chi connectivity index (χ1n) is 8.03. The second kappa shape index (κ2) is 7.40. The van der Waals surface area contributed by atoms with E-state index in [2.05, 4.69) is 0 Å². The van der Waals surface area contributed by atoms with Crippen LogP contribution in [0.4, 0.5) is 13.2 Å². The number of ketones is 1. The van der Waals surface area contributed by atoms with Gasteiger partial charge in [-0.1, -0.05) is 24.3 Å². The van der Waals surface area contributed by atoms with Crippen molar-refractivity contribution in [2.45, 2.75) is 13.1 Å². The molecule has 138 valence electrons. The number of phenolic OH excluding ortho intramolecular Hbond substituents is 1. The van der Waals surface area contributed by atoms with Gasteiger partial charge in [-0.2, -0.15) is 13.2 Å². The van der Waals surface area contributed by atoms with Gasteiger partial charge >= 0.3 is 6.18 Å². The van der Waals surface area contributed by atoms with Crippen LogP contribution in [0.3, 0.4) is 0 Å². The Kier molecular flexibility index (Phi) is 5.19. The maximum absolute atomic E-state index is 12.6. The van der Waals surface area contributed by atoms with Crippen molar-refractivity contribution in [2.75, 3.05) is 0 Å². The molecule has 0 atom stereocenters. The van der Waals surface area contributed by atoms with Crippen LogP contribution in [-0.4, -0.2) is 10.9 Å². The number of hydrogen-bond acceptors (Lipinski definition) is 3. The molecule has 0 spiro atoms. The number of alkyl halides is 3. The molecule has 0 bridgehead atoms. The molecule has 3 rings (SSSR count). The van der Waals surface area contributed by atoms with Crippen LogP contribution in [0, 0.1) is 6.92 Å². The maximum atomic E-state index is 12.6. The third-order valence-electron chi connectivity index (χ3n) is 3.99. The van der Waals surface area contributed by atoms with E-state index in [-0.39, 0.29) is 11.5 Å². The smallest absolute Gasteiger partial charge is 0.416 e. The molecule has 1 heterocycles. The van der Waals surface area contributed by atoms with Gasteiger partial charge in [0.2, 0.25) is 0 Å². The van der Waals surface area contributed by atoms with Gasteiger partial charge in [-0.3, -0.25) is 4.79 Å². The molecule has 0 unspecified atom stereocenters. The summed E-state index contributed by atoms with van der Waals surface area (Å²) in [4.78, 5) is 13.5. The Balaban J connectivity index is 1.75. The largest absolute Gasteiger partial charge is 0.508 e. The molecule has 6 heteroatoms. The van der Waals surface area contributed by atoms with E-state index in [4.69, 9.17) is 0 Å². The highest BCUT2D eigenvalue weighted by atomic mass is 32.1. The lowest BCUT2D eigenvalue weighted by atomic mass is 10.1. The van der Waals surface area contributed by atoms with E-state index in [1.54, 1.807) is 43.3 Å². The highest BCUT2D eigenvalue weighted by molar-refractivity contribution is 7.17. The monoisotopic (exact) mass is 388 g/mol. The van der Waals surface area contributed by atoms with Crippen molar-refractivity contribution < 1.29 is 23.1 Å². The van der Waals surface area contributed by atoms with Crippen molar-refractivity contribution >= 4 is 23.2 Å². The number of hydrogen-bond donors (Lipinski definition) is 1. The number of allylic oxidation sites excluding steroid dienone is 1. The summed E-state index contributed by atoms with van der Waals surface area (Å²) < 4.78 is 37.9. The van der Waals surface area contributed by atoms with Gasteiger partial charge in [-0.25, -0.2) is 0 Å². The second-order valence-corrected chi connectivity index (χ2v) is 7.07. The lowest BCUT2D eigenvalue weighted by Crippen LogP contribution is -2.03. The molecule has 3 aromatic rings. The van der Waals surface area contributed by atoms with E-state index in [9.17, 15) is 23.1 Å². The minimum absolute atomic E-state index is 0.191. The molecule has 0 saturated heterocycles. The average molecular weight is 388 g/mol. The molecular formula is C21H15F3O2S. The molecule has 0 saturated carbocycles. The van der Waals surface area contributed by atoms with Crippen LogP contribution in [-0.2, 0) is 6.18 Å². The molecule has 0 amide bonds. The minimum atomic E-state index is -4.37. The summed E-state index contributed by atoms with van der Waals surface area (Å²) >= 11 is 1.23.